The van der Waals surface area contributed by atoms with Crippen LogP contribution in [0.4, 0.5) is 5.69 Å². The van der Waals surface area contributed by atoms with Gasteiger partial charge in [-0.2, -0.15) is 0 Å². The van der Waals surface area contributed by atoms with Crippen molar-refractivity contribution in [3.05, 3.63) is 46.0 Å². The first-order chi connectivity index (χ1) is 9.16. The molecule has 0 aliphatic carbocycles. The van der Waals surface area contributed by atoms with E-state index in [2.05, 4.69) is 4.90 Å². The Balaban J connectivity index is 1.97. The summed E-state index contributed by atoms with van der Waals surface area (Å²) in [6.45, 7) is 3.02. The van der Waals surface area contributed by atoms with Crippen molar-refractivity contribution in [3.8, 4) is 0 Å². The average molecular weight is 278 g/mol. The monoisotopic (exact) mass is 278 g/mol. The average Bonchev–Trinajstić information content (AvgIpc) is 2.46. The first kappa shape index (κ1) is 13.6. The van der Waals surface area contributed by atoms with Crippen LogP contribution in [0.3, 0.4) is 0 Å². The SMILES string of the molecule is O=[N+]([O-])c1ccc(C=CC(=S)N2CCOCC2)cc1. The number of ether oxygens (including phenoxy) is 1. The second-order valence-corrected chi connectivity index (χ2v) is 4.54. The lowest BCUT2D eigenvalue weighted by Crippen LogP contribution is -2.38. The zero-order chi connectivity index (χ0) is 13.7. The van der Waals surface area contributed by atoms with Crippen molar-refractivity contribution in [2.75, 3.05) is 26.3 Å². The van der Waals surface area contributed by atoms with Crippen LogP contribution < -0.4 is 0 Å². The summed E-state index contributed by atoms with van der Waals surface area (Å²) in [4.78, 5) is 13.0. The normalized spacial score (nSPS) is 15.7. The molecule has 0 amide bonds. The van der Waals surface area contributed by atoms with Crippen molar-refractivity contribution >= 4 is 29.0 Å². The number of nitro groups is 1. The Morgan fingerprint density at radius 3 is 2.53 bits per heavy atom. The molecule has 2 rings (SSSR count). The topological polar surface area (TPSA) is 55.6 Å². The molecule has 19 heavy (non-hydrogen) atoms. The Labute approximate surface area is 116 Å². The van der Waals surface area contributed by atoms with Gasteiger partial charge >= 0.3 is 0 Å². The zero-order valence-corrected chi connectivity index (χ0v) is 11.1. The number of thiocarbonyl (C=S) groups is 1. The van der Waals surface area contributed by atoms with Crippen LogP contribution in [-0.2, 0) is 4.74 Å². The van der Waals surface area contributed by atoms with Gasteiger partial charge in [0.2, 0.25) is 0 Å². The molecule has 1 aliphatic rings. The first-order valence-electron chi connectivity index (χ1n) is 5.96. The summed E-state index contributed by atoms with van der Waals surface area (Å²) in [7, 11) is 0. The van der Waals surface area contributed by atoms with Gasteiger partial charge in [0.1, 0.15) is 4.99 Å². The molecule has 0 aromatic heterocycles. The molecule has 1 heterocycles. The maximum atomic E-state index is 10.5. The molecule has 0 atom stereocenters. The van der Waals surface area contributed by atoms with Gasteiger partial charge in [0.15, 0.2) is 0 Å². The standard InChI is InChI=1S/C13H14N2O3S/c16-15(17)12-4-1-11(2-5-12)3-6-13(19)14-7-9-18-10-8-14/h1-6H,7-10H2. The van der Waals surface area contributed by atoms with E-state index in [4.69, 9.17) is 17.0 Å². The molecule has 0 N–H and O–H groups in total. The van der Waals surface area contributed by atoms with Gasteiger partial charge in [-0.15, -0.1) is 0 Å². The number of nitrogens with zero attached hydrogens (tertiary/aromatic N) is 2. The number of nitro benzene ring substituents is 1. The minimum atomic E-state index is -0.411. The van der Waals surface area contributed by atoms with Crippen molar-refractivity contribution in [2.45, 2.75) is 0 Å². The molecule has 0 radical (unpaired) electrons. The van der Waals surface area contributed by atoms with Crippen molar-refractivity contribution in [3.63, 3.8) is 0 Å². The number of hydrogen-bond donors (Lipinski definition) is 0. The van der Waals surface area contributed by atoms with E-state index in [0.29, 0.717) is 13.2 Å². The molecule has 6 heteroatoms. The van der Waals surface area contributed by atoms with Crippen LogP contribution >= 0.6 is 12.2 Å². The molecule has 0 saturated carbocycles. The van der Waals surface area contributed by atoms with E-state index in [1.807, 2.05) is 12.2 Å². The van der Waals surface area contributed by atoms with Crippen LogP contribution in [0.25, 0.3) is 6.08 Å². The van der Waals surface area contributed by atoms with Crippen LogP contribution in [-0.4, -0.2) is 41.1 Å². The summed E-state index contributed by atoms with van der Waals surface area (Å²) in [5.74, 6) is 0. The molecule has 1 aromatic carbocycles. The summed E-state index contributed by atoms with van der Waals surface area (Å²) in [6.07, 6.45) is 3.71. The molecule has 1 aliphatic heterocycles. The number of non-ortho nitro benzene ring substituents is 1. The van der Waals surface area contributed by atoms with Gasteiger partial charge < -0.3 is 9.64 Å². The van der Waals surface area contributed by atoms with E-state index in [1.54, 1.807) is 12.1 Å². The van der Waals surface area contributed by atoms with E-state index in [9.17, 15) is 10.1 Å². The Kier molecular flexibility index (Phi) is 4.59. The van der Waals surface area contributed by atoms with Crippen LogP contribution in [0.15, 0.2) is 30.3 Å². The lowest BCUT2D eigenvalue weighted by atomic mass is 10.2. The highest BCUT2D eigenvalue weighted by atomic mass is 32.1. The van der Waals surface area contributed by atoms with Gasteiger partial charge in [0.05, 0.1) is 18.1 Å². The summed E-state index contributed by atoms with van der Waals surface area (Å²) < 4.78 is 5.26. The lowest BCUT2D eigenvalue weighted by Gasteiger charge is -2.27. The second-order valence-electron chi connectivity index (χ2n) is 4.12. The summed E-state index contributed by atoms with van der Waals surface area (Å²) >= 11 is 5.32. The highest BCUT2D eigenvalue weighted by molar-refractivity contribution is 7.80. The van der Waals surface area contributed by atoms with E-state index >= 15 is 0 Å². The smallest absolute Gasteiger partial charge is 0.269 e. The molecular formula is C13H14N2O3S. The van der Waals surface area contributed by atoms with Crippen molar-refractivity contribution < 1.29 is 9.66 Å². The predicted octanol–water partition coefficient (Wildman–Crippen LogP) is 2.27. The number of rotatable bonds is 3. The second kappa shape index (κ2) is 6.40. The van der Waals surface area contributed by atoms with Crippen molar-refractivity contribution in [1.29, 1.82) is 0 Å². The van der Waals surface area contributed by atoms with E-state index in [1.165, 1.54) is 12.1 Å². The highest BCUT2D eigenvalue weighted by Crippen LogP contribution is 2.13. The van der Waals surface area contributed by atoms with E-state index in [-0.39, 0.29) is 5.69 Å². The maximum Gasteiger partial charge on any atom is 0.269 e. The van der Waals surface area contributed by atoms with Crippen LogP contribution in [0.2, 0.25) is 0 Å². The van der Waals surface area contributed by atoms with E-state index < -0.39 is 4.92 Å². The number of hydrogen-bond acceptors (Lipinski definition) is 4. The summed E-state index contributed by atoms with van der Waals surface area (Å²) in [5.41, 5.74) is 0.981. The van der Waals surface area contributed by atoms with Crippen molar-refractivity contribution in [1.82, 2.24) is 4.90 Å². The van der Waals surface area contributed by atoms with Gasteiger partial charge in [-0.3, -0.25) is 10.1 Å². The third kappa shape index (κ3) is 3.84. The first-order valence-corrected chi connectivity index (χ1v) is 6.37. The third-order valence-corrected chi connectivity index (χ3v) is 3.24. The molecule has 1 aromatic rings. The fraction of sp³-hybridized carbons (Fsp3) is 0.308. The minimum absolute atomic E-state index is 0.0907. The molecule has 5 nitrogen and oxygen atoms in total. The van der Waals surface area contributed by atoms with Gasteiger partial charge in [0, 0.05) is 25.2 Å². The Hall–Kier alpha value is -1.79. The lowest BCUT2D eigenvalue weighted by molar-refractivity contribution is -0.384. The highest BCUT2D eigenvalue weighted by Gasteiger charge is 2.11. The minimum Gasteiger partial charge on any atom is -0.378 e. The van der Waals surface area contributed by atoms with Gasteiger partial charge in [-0.25, -0.2) is 0 Å². The number of morpholine rings is 1. The zero-order valence-electron chi connectivity index (χ0n) is 10.3. The van der Waals surface area contributed by atoms with E-state index in [0.717, 1.165) is 23.6 Å². The van der Waals surface area contributed by atoms with Crippen LogP contribution in [0.5, 0.6) is 0 Å². The van der Waals surface area contributed by atoms with Gasteiger partial charge in [-0.05, 0) is 23.8 Å². The van der Waals surface area contributed by atoms with Crippen molar-refractivity contribution in [2.24, 2.45) is 0 Å². The Morgan fingerprint density at radius 2 is 1.95 bits per heavy atom. The maximum absolute atomic E-state index is 10.5. The van der Waals surface area contributed by atoms with Crippen LogP contribution in [0, 0.1) is 10.1 Å². The fourth-order valence-electron chi connectivity index (χ4n) is 1.76. The molecule has 0 unspecified atom stereocenters. The predicted molar refractivity (Wildman–Crippen MR) is 77.1 cm³/mol. The number of benzene rings is 1. The third-order valence-electron chi connectivity index (χ3n) is 2.85. The molecular weight excluding hydrogens is 264 g/mol. The van der Waals surface area contributed by atoms with Crippen LogP contribution in [0.1, 0.15) is 5.56 Å². The molecule has 1 fully saturated rings. The molecule has 100 valence electrons. The fourth-order valence-corrected chi connectivity index (χ4v) is 2.01. The molecule has 0 bridgehead atoms. The molecule has 1 saturated heterocycles. The Morgan fingerprint density at radius 1 is 1.32 bits per heavy atom. The molecule has 0 spiro atoms. The van der Waals surface area contributed by atoms with Gasteiger partial charge in [-0.1, -0.05) is 18.3 Å². The van der Waals surface area contributed by atoms with Gasteiger partial charge in [0.25, 0.3) is 5.69 Å². The summed E-state index contributed by atoms with van der Waals surface area (Å²) in [6, 6.07) is 6.38. The largest absolute Gasteiger partial charge is 0.378 e. The Bertz CT molecular complexity index is 493. The summed E-state index contributed by atoms with van der Waals surface area (Å²) in [5, 5.41) is 10.5. The quantitative estimate of drug-likeness (QED) is 0.367.